The molecule has 0 fully saturated rings. The molecule has 1 aliphatic heterocycles. The van der Waals surface area contributed by atoms with Gasteiger partial charge in [0, 0.05) is 22.7 Å². The third-order valence-corrected chi connectivity index (χ3v) is 5.23. The molecule has 0 amide bonds. The Labute approximate surface area is 125 Å². The van der Waals surface area contributed by atoms with Crippen molar-refractivity contribution < 1.29 is 0 Å². The van der Waals surface area contributed by atoms with E-state index in [2.05, 4.69) is 68.6 Å². The molecule has 1 heterocycles. The SMILES string of the molecule is Cc1ccc(C(C)NC2CSc3ccccc32)c(C)c1. The van der Waals surface area contributed by atoms with E-state index in [9.17, 15) is 0 Å². The van der Waals surface area contributed by atoms with Gasteiger partial charge in [0.25, 0.3) is 0 Å². The van der Waals surface area contributed by atoms with Gasteiger partial charge in [0.15, 0.2) is 0 Å². The van der Waals surface area contributed by atoms with E-state index in [-0.39, 0.29) is 0 Å². The predicted octanol–water partition coefficient (Wildman–Crippen LogP) is 4.80. The van der Waals surface area contributed by atoms with Gasteiger partial charge in [-0.1, -0.05) is 42.0 Å². The fourth-order valence-corrected chi connectivity index (χ4v) is 4.18. The fourth-order valence-electron chi connectivity index (χ4n) is 3.00. The molecule has 2 atom stereocenters. The lowest BCUT2D eigenvalue weighted by Crippen LogP contribution is -2.25. The smallest absolute Gasteiger partial charge is 0.0431 e. The highest BCUT2D eigenvalue weighted by Gasteiger charge is 2.24. The van der Waals surface area contributed by atoms with Crippen molar-refractivity contribution in [2.75, 3.05) is 5.75 Å². The van der Waals surface area contributed by atoms with Crippen molar-refractivity contribution in [3.05, 3.63) is 64.7 Å². The van der Waals surface area contributed by atoms with Crippen LogP contribution in [0.1, 0.15) is 41.3 Å². The van der Waals surface area contributed by atoms with Gasteiger partial charge in [-0.3, -0.25) is 0 Å². The maximum atomic E-state index is 3.79. The molecule has 1 aliphatic rings. The minimum Gasteiger partial charge on any atom is -0.303 e. The van der Waals surface area contributed by atoms with Crippen LogP contribution in [-0.2, 0) is 0 Å². The van der Waals surface area contributed by atoms with Crippen molar-refractivity contribution in [2.45, 2.75) is 37.8 Å². The largest absolute Gasteiger partial charge is 0.303 e. The molecule has 0 saturated heterocycles. The minimum absolute atomic E-state index is 0.382. The highest BCUT2D eigenvalue weighted by Crippen LogP contribution is 2.39. The Bertz CT molecular complexity index is 621. The van der Waals surface area contributed by atoms with E-state index in [1.54, 1.807) is 0 Å². The number of nitrogens with one attached hydrogen (secondary N) is 1. The molecule has 1 N–H and O–H groups in total. The van der Waals surface area contributed by atoms with E-state index in [1.165, 1.54) is 27.1 Å². The number of hydrogen-bond donors (Lipinski definition) is 1. The van der Waals surface area contributed by atoms with Crippen molar-refractivity contribution in [3.8, 4) is 0 Å². The molecule has 20 heavy (non-hydrogen) atoms. The van der Waals surface area contributed by atoms with Gasteiger partial charge < -0.3 is 5.32 Å². The molecular formula is C18H21NS. The monoisotopic (exact) mass is 283 g/mol. The van der Waals surface area contributed by atoms with Gasteiger partial charge in [-0.05, 0) is 43.5 Å². The zero-order valence-electron chi connectivity index (χ0n) is 12.3. The summed E-state index contributed by atoms with van der Waals surface area (Å²) >= 11 is 1.96. The summed E-state index contributed by atoms with van der Waals surface area (Å²) in [6.07, 6.45) is 0. The van der Waals surface area contributed by atoms with Gasteiger partial charge in [0.1, 0.15) is 0 Å². The molecule has 0 aromatic heterocycles. The molecule has 0 bridgehead atoms. The van der Waals surface area contributed by atoms with Gasteiger partial charge in [0.05, 0.1) is 0 Å². The summed E-state index contributed by atoms with van der Waals surface area (Å²) in [6, 6.07) is 16.3. The van der Waals surface area contributed by atoms with Gasteiger partial charge in [-0.2, -0.15) is 0 Å². The topological polar surface area (TPSA) is 12.0 Å². The van der Waals surface area contributed by atoms with Crippen molar-refractivity contribution in [1.29, 1.82) is 0 Å². The van der Waals surface area contributed by atoms with Crippen LogP contribution in [0.2, 0.25) is 0 Å². The molecule has 3 rings (SSSR count). The van der Waals surface area contributed by atoms with Crippen LogP contribution in [0.5, 0.6) is 0 Å². The fraction of sp³-hybridized carbons (Fsp3) is 0.333. The Morgan fingerprint density at radius 3 is 2.75 bits per heavy atom. The van der Waals surface area contributed by atoms with Gasteiger partial charge >= 0.3 is 0 Å². The van der Waals surface area contributed by atoms with Crippen molar-refractivity contribution in [3.63, 3.8) is 0 Å². The van der Waals surface area contributed by atoms with Crippen LogP contribution in [0.3, 0.4) is 0 Å². The molecule has 1 nitrogen and oxygen atoms in total. The molecule has 0 spiro atoms. The Balaban J connectivity index is 1.79. The summed E-state index contributed by atoms with van der Waals surface area (Å²) in [4.78, 5) is 1.43. The number of hydrogen-bond acceptors (Lipinski definition) is 2. The first kappa shape index (κ1) is 13.7. The highest BCUT2D eigenvalue weighted by atomic mass is 32.2. The average molecular weight is 283 g/mol. The van der Waals surface area contributed by atoms with Crippen molar-refractivity contribution in [1.82, 2.24) is 5.32 Å². The lowest BCUT2D eigenvalue weighted by molar-refractivity contribution is 0.499. The van der Waals surface area contributed by atoms with E-state index in [1.807, 2.05) is 11.8 Å². The number of rotatable bonds is 3. The first-order valence-corrected chi connectivity index (χ1v) is 8.18. The van der Waals surface area contributed by atoms with Crippen LogP contribution < -0.4 is 5.32 Å². The quantitative estimate of drug-likeness (QED) is 0.868. The molecule has 2 heteroatoms. The Kier molecular flexibility index (Phi) is 3.86. The van der Waals surface area contributed by atoms with Crippen LogP contribution >= 0.6 is 11.8 Å². The first-order valence-electron chi connectivity index (χ1n) is 7.20. The summed E-state index contributed by atoms with van der Waals surface area (Å²) in [5.74, 6) is 1.13. The molecule has 104 valence electrons. The van der Waals surface area contributed by atoms with E-state index in [0.717, 1.165) is 5.75 Å². The zero-order valence-corrected chi connectivity index (χ0v) is 13.1. The lowest BCUT2D eigenvalue weighted by Gasteiger charge is -2.22. The number of benzene rings is 2. The second-order valence-electron chi connectivity index (χ2n) is 5.65. The second kappa shape index (κ2) is 5.63. The van der Waals surface area contributed by atoms with E-state index < -0.39 is 0 Å². The molecular weight excluding hydrogens is 262 g/mol. The maximum Gasteiger partial charge on any atom is 0.0431 e. The average Bonchev–Trinajstić information content (AvgIpc) is 2.82. The zero-order chi connectivity index (χ0) is 14.1. The van der Waals surface area contributed by atoms with Crippen LogP contribution in [0.15, 0.2) is 47.4 Å². The van der Waals surface area contributed by atoms with Crippen LogP contribution in [-0.4, -0.2) is 5.75 Å². The molecule has 2 aromatic carbocycles. The van der Waals surface area contributed by atoms with Crippen LogP contribution in [0, 0.1) is 13.8 Å². The maximum absolute atomic E-state index is 3.79. The summed E-state index contributed by atoms with van der Waals surface area (Å²) in [5, 5.41) is 3.79. The number of aryl methyl sites for hydroxylation is 2. The van der Waals surface area contributed by atoms with Crippen LogP contribution in [0.4, 0.5) is 0 Å². The number of thioether (sulfide) groups is 1. The molecule has 0 aliphatic carbocycles. The summed E-state index contributed by atoms with van der Waals surface area (Å²) in [5.41, 5.74) is 5.57. The molecule has 0 saturated carbocycles. The van der Waals surface area contributed by atoms with Crippen molar-refractivity contribution in [2.24, 2.45) is 0 Å². The third kappa shape index (κ3) is 2.63. The predicted molar refractivity (Wildman–Crippen MR) is 87.4 cm³/mol. The number of fused-ring (bicyclic) bond motifs is 1. The standard InChI is InChI=1S/C18H21NS/c1-12-8-9-15(13(2)10-12)14(3)19-17-11-20-18-7-5-4-6-16(17)18/h4-10,14,17,19H,11H2,1-3H3. The van der Waals surface area contributed by atoms with Crippen molar-refractivity contribution >= 4 is 11.8 Å². The normalized spacial score (nSPS) is 18.9. The second-order valence-corrected chi connectivity index (χ2v) is 6.71. The summed E-state index contributed by atoms with van der Waals surface area (Å²) in [6.45, 7) is 6.62. The minimum atomic E-state index is 0.382. The van der Waals surface area contributed by atoms with E-state index >= 15 is 0 Å². The Morgan fingerprint density at radius 2 is 1.95 bits per heavy atom. The molecule has 0 radical (unpaired) electrons. The van der Waals surface area contributed by atoms with Gasteiger partial charge in [0.2, 0.25) is 0 Å². The molecule has 2 aromatic rings. The summed E-state index contributed by atoms with van der Waals surface area (Å²) < 4.78 is 0. The van der Waals surface area contributed by atoms with E-state index in [4.69, 9.17) is 0 Å². The molecule has 2 unspecified atom stereocenters. The third-order valence-electron chi connectivity index (χ3n) is 4.04. The lowest BCUT2D eigenvalue weighted by atomic mass is 9.99. The highest BCUT2D eigenvalue weighted by molar-refractivity contribution is 7.99. The van der Waals surface area contributed by atoms with Gasteiger partial charge in [-0.25, -0.2) is 0 Å². The Morgan fingerprint density at radius 1 is 1.15 bits per heavy atom. The van der Waals surface area contributed by atoms with Crippen LogP contribution in [0.25, 0.3) is 0 Å². The first-order chi connectivity index (χ1) is 9.65. The van der Waals surface area contributed by atoms with Gasteiger partial charge in [-0.15, -0.1) is 11.8 Å². The van der Waals surface area contributed by atoms with E-state index in [0.29, 0.717) is 12.1 Å². The summed E-state index contributed by atoms with van der Waals surface area (Å²) in [7, 11) is 0. The Hall–Kier alpha value is -1.25.